The molecule has 14 heavy (non-hydrogen) atoms. The first-order valence-corrected chi connectivity index (χ1v) is 4.18. The molecule has 0 bridgehead atoms. The summed E-state index contributed by atoms with van der Waals surface area (Å²) < 4.78 is 0. The van der Waals surface area contributed by atoms with Crippen molar-refractivity contribution < 1.29 is 0 Å². The predicted octanol–water partition coefficient (Wildman–Crippen LogP) is 1.83. The molecule has 0 radical (unpaired) electrons. The van der Waals surface area contributed by atoms with E-state index in [9.17, 15) is 0 Å². The van der Waals surface area contributed by atoms with Crippen molar-refractivity contribution in [1.82, 2.24) is 9.97 Å². The van der Waals surface area contributed by atoms with Crippen molar-refractivity contribution in [1.29, 1.82) is 5.26 Å². The number of aryl methyl sites for hydroxylation is 1. The van der Waals surface area contributed by atoms with Crippen LogP contribution in [-0.2, 0) is 0 Å². The van der Waals surface area contributed by atoms with Crippen molar-refractivity contribution in [2.75, 3.05) is 5.32 Å². The summed E-state index contributed by atoms with van der Waals surface area (Å²) in [6.45, 7) is 1.91. The smallest absolute Gasteiger partial charge is 0.181 e. The summed E-state index contributed by atoms with van der Waals surface area (Å²) in [6, 6.07) is 3.67. The molecule has 0 aliphatic rings. The van der Waals surface area contributed by atoms with Crippen molar-refractivity contribution >= 4 is 16.7 Å². The molecule has 0 atom stereocenters. The maximum absolute atomic E-state index is 8.52. The van der Waals surface area contributed by atoms with Gasteiger partial charge in [0.1, 0.15) is 0 Å². The highest BCUT2D eigenvalue weighted by Crippen LogP contribution is 2.21. The number of anilines is 1. The predicted molar refractivity (Wildman–Crippen MR) is 53.5 cm³/mol. The van der Waals surface area contributed by atoms with E-state index < -0.39 is 0 Å². The van der Waals surface area contributed by atoms with Crippen molar-refractivity contribution in [3.8, 4) is 6.19 Å². The molecule has 4 heteroatoms. The van der Waals surface area contributed by atoms with E-state index in [0.29, 0.717) is 0 Å². The van der Waals surface area contributed by atoms with Gasteiger partial charge in [0.15, 0.2) is 6.19 Å². The van der Waals surface area contributed by atoms with Crippen LogP contribution in [0.2, 0.25) is 0 Å². The van der Waals surface area contributed by atoms with Gasteiger partial charge in [-0.3, -0.25) is 15.3 Å². The first-order valence-electron chi connectivity index (χ1n) is 4.18. The van der Waals surface area contributed by atoms with E-state index in [-0.39, 0.29) is 0 Å². The second-order valence-corrected chi connectivity index (χ2v) is 2.90. The largest absolute Gasteiger partial charge is 0.292 e. The number of fused-ring (bicyclic) bond motifs is 1. The van der Waals surface area contributed by atoms with E-state index in [4.69, 9.17) is 5.26 Å². The molecule has 0 amide bonds. The van der Waals surface area contributed by atoms with Gasteiger partial charge in [0, 0.05) is 18.0 Å². The molecular weight excluding hydrogens is 176 g/mol. The van der Waals surface area contributed by atoms with Gasteiger partial charge in [-0.2, -0.15) is 5.26 Å². The van der Waals surface area contributed by atoms with Crippen LogP contribution in [-0.4, -0.2) is 9.97 Å². The van der Waals surface area contributed by atoms with Crippen LogP contribution in [0.15, 0.2) is 24.5 Å². The van der Waals surface area contributed by atoms with Crippen LogP contribution in [0.3, 0.4) is 0 Å². The fourth-order valence-electron chi connectivity index (χ4n) is 1.37. The van der Waals surface area contributed by atoms with Gasteiger partial charge in [-0.25, -0.2) is 0 Å². The average molecular weight is 184 g/mol. The van der Waals surface area contributed by atoms with Crippen molar-refractivity contribution in [3.05, 3.63) is 30.1 Å². The molecule has 1 heterocycles. The lowest BCUT2D eigenvalue weighted by atomic mass is 10.1. The number of rotatable bonds is 1. The van der Waals surface area contributed by atoms with Crippen LogP contribution >= 0.6 is 0 Å². The van der Waals surface area contributed by atoms with E-state index >= 15 is 0 Å². The maximum Gasteiger partial charge on any atom is 0.181 e. The normalized spacial score (nSPS) is 9.71. The Bertz CT molecular complexity index is 513. The lowest BCUT2D eigenvalue weighted by Crippen LogP contribution is -1.93. The van der Waals surface area contributed by atoms with Gasteiger partial charge in [0.05, 0.1) is 16.7 Å². The van der Waals surface area contributed by atoms with E-state index in [0.717, 1.165) is 22.3 Å². The minimum Gasteiger partial charge on any atom is -0.292 e. The first kappa shape index (κ1) is 8.45. The SMILES string of the molecule is Cc1c(NC#N)ccc2nccnc12. The molecule has 0 spiro atoms. The summed E-state index contributed by atoms with van der Waals surface area (Å²) >= 11 is 0. The number of nitrogens with zero attached hydrogens (tertiary/aromatic N) is 3. The first-order chi connectivity index (χ1) is 6.83. The number of nitrogens with one attached hydrogen (secondary N) is 1. The zero-order valence-electron chi connectivity index (χ0n) is 7.65. The Morgan fingerprint density at radius 1 is 1.29 bits per heavy atom. The standard InChI is InChI=1S/C10H8N4/c1-7-8(14-6-11)2-3-9-10(7)13-5-4-12-9/h2-5,14H,1H3. The Hall–Kier alpha value is -2.15. The Labute approximate surface area is 81.2 Å². The molecule has 0 aliphatic heterocycles. The summed E-state index contributed by atoms with van der Waals surface area (Å²) in [5, 5.41) is 11.1. The second-order valence-electron chi connectivity index (χ2n) is 2.90. The topological polar surface area (TPSA) is 61.6 Å². The maximum atomic E-state index is 8.52. The summed E-state index contributed by atoms with van der Waals surface area (Å²) in [5.74, 6) is 0. The van der Waals surface area contributed by atoms with Gasteiger partial charge >= 0.3 is 0 Å². The van der Waals surface area contributed by atoms with Crippen molar-refractivity contribution in [2.24, 2.45) is 0 Å². The van der Waals surface area contributed by atoms with Gasteiger partial charge in [0.2, 0.25) is 0 Å². The monoisotopic (exact) mass is 184 g/mol. The minimum atomic E-state index is 0.778. The highest BCUT2D eigenvalue weighted by Gasteiger charge is 2.03. The molecule has 0 unspecified atom stereocenters. The van der Waals surface area contributed by atoms with Gasteiger partial charge in [0.25, 0.3) is 0 Å². The Morgan fingerprint density at radius 3 is 2.86 bits per heavy atom. The number of hydrogen-bond donors (Lipinski definition) is 1. The van der Waals surface area contributed by atoms with Crippen LogP contribution in [0.1, 0.15) is 5.56 Å². The molecule has 2 aromatic rings. The highest BCUT2D eigenvalue weighted by atomic mass is 14.9. The lowest BCUT2D eigenvalue weighted by Gasteiger charge is -2.04. The minimum absolute atomic E-state index is 0.778. The lowest BCUT2D eigenvalue weighted by molar-refractivity contribution is 1.27. The molecule has 1 N–H and O–H groups in total. The fourth-order valence-corrected chi connectivity index (χ4v) is 1.37. The van der Waals surface area contributed by atoms with E-state index in [1.807, 2.05) is 25.2 Å². The molecule has 1 aromatic heterocycles. The molecule has 0 fully saturated rings. The zero-order valence-corrected chi connectivity index (χ0v) is 7.65. The number of nitriles is 1. The summed E-state index contributed by atoms with van der Waals surface area (Å²) in [5.41, 5.74) is 3.39. The van der Waals surface area contributed by atoms with E-state index in [2.05, 4.69) is 15.3 Å². The van der Waals surface area contributed by atoms with E-state index in [1.165, 1.54) is 0 Å². The zero-order chi connectivity index (χ0) is 9.97. The highest BCUT2D eigenvalue weighted by molar-refractivity contribution is 5.83. The molecule has 4 nitrogen and oxygen atoms in total. The van der Waals surface area contributed by atoms with Crippen molar-refractivity contribution in [2.45, 2.75) is 6.92 Å². The van der Waals surface area contributed by atoms with Gasteiger partial charge in [-0.05, 0) is 19.1 Å². The Kier molecular flexibility index (Phi) is 1.99. The number of aromatic nitrogens is 2. The third kappa shape index (κ3) is 1.25. The van der Waals surface area contributed by atoms with Crippen LogP contribution in [0, 0.1) is 18.4 Å². The summed E-state index contributed by atoms with van der Waals surface area (Å²) in [6.07, 6.45) is 5.19. The Morgan fingerprint density at radius 2 is 2.07 bits per heavy atom. The average Bonchev–Trinajstić information content (AvgIpc) is 2.23. The third-order valence-electron chi connectivity index (χ3n) is 2.08. The molecular formula is C10H8N4. The fraction of sp³-hybridized carbons (Fsp3) is 0.100. The summed E-state index contributed by atoms with van der Waals surface area (Å²) in [7, 11) is 0. The van der Waals surface area contributed by atoms with Crippen LogP contribution in [0.4, 0.5) is 5.69 Å². The summed E-state index contributed by atoms with van der Waals surface area (Å²) in [4.78, 5) is 8.38. The van der Waals surface area contributed by atoms with E-state index in [1.54, 1.807) is 12.4 Å². The quantitative estimate of drug-likeness (QED) is 0.542. The van der Waals surface area contributed by atoms with Gasteiger partial charge < -0.3 is 0 Å². The van der Waals surface area contributed by atoms with Gasteiger partial charge in [-0.1, -0.05) is 0 Å². The molecule has 0 aliphatic carbocycles. The Balaban J connectivity index is 2.70. The molecule has 0 saturated heterocycles. The molecule has 68 valence electrons. The van der Waals surface area contributed by atoms with Gasteiger partial charge in [-0.15, -0.1) is 0 Å². The van der Waals surface area contributed by atoms with Crippen LogP contribution in [0.25, 0.3) is 11.0 Å². The van der Waals surface area contributed by atoms with Crippen molar-refractivity contribution in [3.63, 3.8) is 0 Å². The third-order valence-corrected chi connectivity index (χ3v) is 2.08. The number of benzene rings is 1. The molecule has 1 aromatic carbocycles. The second kappa shape index (κ2) is 3.30. The van der Waals surface area contributed by atoms with Crippen LogP contribution < -0.4 is 5.32 Å². The molecule has 2 rings (SSSR count). The number of hydrogen-bond acceptors (Lipinski definition) is 4. The van der Waals surface area contributed by atoms with Crippen LogP contribution in [0.5, 0.6) is 0 Å². The molecule has 0 saturated carbocycles.